The van der Waals surface area contributed by atoms with Gasteiger partial charge in [-0.25, -0.2) is 4.79 Å². The first-order valence-electron chi connectivity index (χ1n) is 8.99. The number of aromatic nitrogens is 1. The number of hydrogen-bond acceptors (Lipinski definition) is 3. The van der Waals surface area contributed by atoms with E-state index in [1.807, 2.05) is 24.0 Å². The van der Waals surface area contributed by atoms with Crippen molar-refractivity contribution in [2.24, 2.45) is 0 Å². The van der Waals surface area contributed by atoms with Crippen LogP contribution >= 0.6 is 0 Å². The van der Waals surface area contributed by atoms with Crippen molar-refractivity contribution in [3.63, 3.8) is 0 Å². The fourth-order valence-corrected chi connectivity index (χ4v) is 3.87. The second kappa shape index (κ2) is 6.69. The van der Waals surface area contributed by atoms with Crippen LogP contribution in [0.1, 0.15) is 19.0 Å². The molecule has 2 aliphatic heterocycles. The van der Waals surface area contributed by atoms with Crippen LogP contribution < -0.4 is 5.32 Å². The molecular formula is C19H25N3O3. The molecule has 25 heavy (non-hydrogen) atoms. The molecule has 2 aliphatic rings. The Bertz CT molecular complexity index is 718. The first-order chi connectivity index (χ1) is 12.1. The van der Waals surface area contributed by atoms with Gasteiger partial charge in [0.2, 0.25) is 0 Å². The zero-order chi connectivity index (χ0) is 17.3. The van der Waals surface area contributed by atoms with Crippen LogP contribution in [0, 0.1) is 0 Å². The van der Waals surface area contributed by atoms with E-state index in [0.717, 1.165) is 24.1 Å². The van der Waals surface area contributed by atoms with Gasteiger partial charge in [0.1, 0.15) is 5.60 Å². The van der Waals surface area contributed by atoms with Crippen LogP contribution in [0.15, 0.2) is 30.3 Å². The van der Waals surface area contributed by atoms with Gasteiger partial charge in [-0.3, -0.25) is 0 Å². The van der Waals surface area contributed by atoms with Crippen LogP contribution in [-0.4, -0.2) is 60.5 Å². The number of ether oxygens (including phenoxy) is 2. The Labute approximate surface area is 147 Å². The number of urea groups is 1. The molecule has 1 spiro atoms. The summed E-state index contributed by atoms with van der Waals surface area (Å²) in [5.41, 5.74) is 1.96. The number of amides is 2. The molecular weight excluding hydrogens is 318 g/mol. The summed E-state index contributed by atoms with van der Waals surface area (Å²) in [5.74, 6) is 0. The minimum atomic E-state index is -0.313. The van der Waals surface area contributed by atoms with E-state index in [0.29, 0.717) is 32.8 Å². The monoisotopic (exact) mass is 343 g/mol. The first kappa shape index (κ1) is 16.4. The minimum absolute atomic E-state index is 0.0162. The third-order valence-corrected chi connectivity index (χ3v) is 5.02. The minimum Gasteiger partial charge on any atom is -0.378 e. The first-order valence-corrected chi connectivity index (χ1v) is 8.99. The smallest absolute Gasteiger partial charge is 0.317 e. The molecule has 134 valence electrons. The predicted molar refractivity (Wildman–Crippen MR) is 95.7 cm³/mol. The summed E-state index contributed by atoms with van der Waals surface area (Å²) >= 11 is 0. The van der Waals surface area contributed by atoms with Crippen LogP contribution in [0.5, 0.6) is 0 Å². The predicted octanol–water partition coefficient (Wildman–Crippen LogP) is 2.30. The normalized spacial score (nSPS) is 26.4. The molecule has 6 nitrogen and oxygen atoms in total. The van der Waals surface area contributed by atoms with Crippen molar-refractivity contribution in [2.75, 3.05) is 32.8 Å². The summed E-state index contributed by atoms with van der Waals surface area (Å²) < 4.78 is 11.6. The zero-order valence-electron chi connectivity index (χ0n) is 14.6. The Hall–Kier alpha value is -2.05. The molecule has 0 radical (unpaired) electrons. The molecule has 1 aromatic heterocycles. The highest BCUT2D eigenvalue weighted by Crippen LogP contribution is 2.29. The number of benzene rings is 1. The van der Waals surface area contributed by atoms with Gasteiger partial charge >= 0.3 is 6.03 Å². The fraction of sp³-hybridized carbons (Fsp3) is 0.526. The van der Waals surface area contributed by atoms with Crippen molar-refractivity contribution >= 4 is 16.9 Å². The van der Waals surface area contributed by atoms with Crippen molar-refractivity contribution in [1.29, 1.82) is 0 Å². The van der Waals surface area contributed by atoms with Crippen molar-refractivity contribution in [2.45, 2.75) is 31.5 Å². The number of morpholine rings is 1. The molecule has 0 aliphatic carbocycles. The molecule has 2 saturated heterocycles. The van der Waals surface area contributed by atoms with Crippen molar-refractivity contribution in [1.82, 2.24) is 15.2 Å². The van der Waals surface area contributed by atoms with Gasteiger partial charge in [-0.15, -0.1) is 0 Å². The van der Waals surface area contributed by atoms with Crippen LogP contribution in [0.25, 0.3) is 10.9 Å². The van der Waals surface area contributed by atoms with Gasteiger partial charge in [-0.1, -0.05) is 18.2 Å². The van der Waals surface area contributed by atoms with E-state index in [9.17, 15) is 4.79 Å². The lowest BCUT2D eigenvalue weighted by atomic mass is 9.99. The third-order valence-electron chi connectivity index (χ3n) is 5.02. The maximum Gasteiger partial charge on any atom is 0.317 e. The third kappa shape index (κ3) is 3.50. The van der Waals surface area contributed by atoms with E-state index < -0.39 is 0 Å². The van der Waals surface area contributed by atoms with Gasteiger partial charge in [-0.2, -0.15) is 0 Å². The summed E-state index contributed by atoms with van der Waals surface area (Å²) in [7, 11) is 0. The fourth-order valence-electron chi connectivity index (χ4n) is 3.87. The summed E-state index contributed by atoms with van der Waals surface area (Å²) in [5, 5.41) is 4.25. The Morgan fingerprint density at radius 2 is 2.32 bits per heavy atom. The summed E-state index contributed by atoms with van der Waals surface area (Å²) in [6.45, 7) is 5.15. The lowest BCUT2D eigenvalue weighted by molar-refractivity contribution is -0.137. The Morgan fingerprint density at radius 1 is 1.44 bits per heavy atom. The quantitative estimate of drug-likeness (QED) is 0.899. The number of H-pyrrole nitrogens is 1. The SMILES string of the molecule is C[C@H]1CN(C(=O)NCCc2cc3ccccc3[nH]2)C[C@@]2(CCOC2)O1. The van der Waals surface area contributed by atoms with Crippen molar-refractivity contribution in [3.8, 4) is 0 Å². The lowest BCUT2D eigenvalue weighted by Gasteiger charge is -2.42. The van der Waals surface area contributed by atoms with E-state index in [1.54, 1.807) is 0 Å². The molecule has 2 atom stereocenters. The van der Waals surface area contributed by atoms with Gasteiger partial charge in [0.25, 0.3) is 0 Å². The zero-order valence-corrected chi connectivity index (χ0v) is 14.6. The number of nitrogens with zero attached hydrogens (tertiary/aromatic N) is 1. The Kier molecular flexibility index (Phi) is 4.39. The average molecular weight is 343 g/mol. The van der Waals surface area contributed by atoms with Gasteiger partial charge in [-0.05, 0) is 24.4 Å². The number of hydrogen-bond donors (Lipinski definition) is 2. The van der Waals surface area contributed by atoms with Crippen molar-refractivity contribution < 1.29 is 14.3 Å². The summed E-state index contributed by atoms with van der Waals surface area (Å²) in [6, 6.07) is 10.3. The molecule has 2 aromatic rings. The highest BCUT2D eigenvalue weighted by molar-refractivity contribution is 5.80. The van der Waals surface area contributed by atoms with Gasteiger partial charge in [0.15, 0.2) is 0 Å². The van der Waals surface area contributed by atoms with E-state index in [4.69, 9.17) is 9.47 Å². The van der Waals surface area contributed by atoms with E-state index in [2.05, 4.69) is 28.5 Å². The maximum atomic E-state index is 12.6. The topological polar surface area (TPSA) is 66.6 Å². The van der Waals surface area contributed by atoms with Crippen LogP contribution in [-0.2, 0) is 15.9 Å². The lowest BCUT2D eigenvalue weighted by Crippen LogP contribution is -2.59. The number of fused-ring (bicyclic) bond motifs is 1. The molecule has 1 aromatic carbocycles. The molecule has 2 fully saturated rings. The summed E-state index contributed by atoms with van der Waals surface area (Å²) in [4.78, 5) is 17.8. The van der Waals surface area contributed by atoms with E-state index in [-0.39, 0.29) is 17.7 Å². The molecule has 0 bridgehead atoms. The average Bonchev–Trinajstić information content (AvgIpc) is 3.20. The van der Waals surface area contributed by atoms with E-state index in [1.165, 1.54) is 5.39 Å². The van der Waals surface area contributed by atoms with E-state index >= 15 is 0 Å². The second-order valence-electron chi connectivity index (χ2n) is 7.16. The highest BCUT2D eigenvalue weighted by Gasteiger charge is 2.43. The number of carbonyl (C=O) groups excluding carboxylic acids is 1. The number of rotatable bonds is 3. The van der Waals surface area contributed by atoms with Crippen LogP contribution in [0.4, 0.5) is 4.79 Å². The summed E-state index contributed by atoms with van der Waals surface area (Å²) in [6.07, 6.45) is 1.68. The number of nitrogens with one attached hydrogen (secondary N) is 2. The van der Waals surface area contributed by atoms with Crippen LogP contribution in [0.3, 0.4) is 0 Å². The highest BCUT2D eigenvalue weighted by atomic mass is 16.6. The molecule has 4 rings (SSSR count). The van der Waals surface area contributed by atoms with Gasteiger partial charge in [0, 0.05) is 43.7 Å². The maximum absolute atomic E-state index is 12.6. The standard InChI is InChI=1S/C19H25N3O3/c1-14-11-22(12-19(25-14)7-9-24-13-19)18(23)20-8-6-16-10-15-4-2-3-5-17(15)21-16/h2-5,10,14,21H,6-9,11-13H2,1H3,(H,20,23)/t14-,19+/m0/s1. The van der Waals surface area contributed by atoms with Gasteiger partial charge < -0.3 is 24.7 Å². The van der Waals surface area contributed by atoms with Crippen LogP contribution in [0.2, 0.25) is 0 Å². The molecule has 0 unspecified atom stereocenters. The van der Waals surface area contributed by atoms with Gasteiger partial charge in [0.05, 0.1) is 19.3 Å². The molecule has 3 heterocycles. The molecule has 0 saturated carbocycles. The Balaban J connectivity index is 1.32. The Morgan fingerprint density at radius 3 is 3.12 bits per heavy atom. The largest absolute Gasteiger partial charge is 0.378 e. The molecule has 2 N–H and O–H groups in total. The molecule has 2 amide bonds. The number of aromatic amines is 1. The number of para-hydroxylation sites is 1. The second-order valence-corrected chi connectivity index (χ2v) is 7.16. The van der Waals surface area contributed by atoms with Crippen molar-refractivity contribution in [3.05, 3.63) is 36.0 Å². The molecule has 6 heteroatoms. The number of carbonyl (C=O) groups is 1.